The molecular weight excluding hydrogens is 310 g/mol. The van der Waals surface area contributed by atoms with E-state index in [0.717, 1.165) is 12.3 Å². The summed E-state index contributed by atoms with van der Waals surface area (Å²) in [5.41, 5.74) is 2.43. The third-order valence-corrected chi connectivity index (χ3v) is 7.05. The van der Waals surface area contributed by atoms with Crippen molar-refractivity contribution in [1.82, 2.24) is 5.32 Å². The Hall–Kier alpha value is -1.35. The fraction of sp³-hybridized carbons (Fsp3) is 0.682. The molecule has 0 heterocycles. The number of esters is 1. The first-order valence-electron chi connectivity index (χ1n) is 9.75. The van der Waals surface area contributed by atoms with E-state index in [1.54, 1.807) is 0 Å². The van der Waals surface area contributed by atoms with Crippen LogP contribution < -0.4 is 5.32 Å². The Morgan fingerprint density at radius 2 is 2.04 bits per heavy atom. The molecule has 2 bridgehead atoms. The molecule has 3 nitrogen and oxygen atoms in total. The first-order valence-corrected chi connectivity index (χ1v) is 9.75. The summed E-state index contributed by atoms with van der Waals surface area (Å²) >= 11 is 0. The Balaban J connectivity index is 1.57. The third-order valence-electron chi connectivity index (χ3n) is 7.05. The van der Waals surface area contributed by atoms with Crippen LogP contribution >= 0.6 is 0 Å². The fourth-order valence-corrected chi connectivity index (χ4v) is 5.39. The lowest BCUT2D eigenvalue weighted by Crippen LogP contribution is -2.65. The van der Waals surface area contributed by atoms with Gasteiger partial charge in [0, 0.05) is 12.5 Å². The molecule has 0 radical (unpaired) electrons. The molecule has 138 valence electrons. The lowest BCUT2D eigenvalue weighted by atomic mass is 9.41. The number of fused-ring (bicyclic) bond motifs is 2. The summed E-state index contributed by atoms with van der Waals surface area (Å²) in [4.78, 5) is 12.5. The predicted molar refractivity (Wildman–Crippen MR) is 101 cm³/mol. The Morgan fingerprint density at radius 3 is 2.68 bits per heavy atom. The van der Waals surface area contributed by atoms with Crippen LogP contribution in [0, 0.1) is 30.1 Å². The molecule has 4 atom stereocenters. The lowest BCUT2D eigenvalue weighted by Gasteiger charge is -2.66. The molecule has 0 aliphatic heterocycles. The van der Waals surface area contributed by atoms with E-state index >= 15 is 0 Å². The van der Waals surface area contributed by atoms with Gasteiger partial charge in [0.15, 0.2) is 0 Å². The molecule has 0 saturated heterocycles. The average molecular weight is 344 g/mol. The van der Waals surface area contributed by atoms with Crippen LogP contribution in [0.2, 0.25) is 0 Å². The second-order valence-corrected chi connectivity index (χ2v) is 8.90. The second-order valence-electron chi connectivity index (χ2n) is 8.90. The van der Waals surface area contributed by atoms with Gasteiger partial charge in [-0.3, -0.25) is 4.79 Å². The van der Waals surface area contributed by atoms with Crippen LogP contribution in [0.1, 0.15) is 58.1 Å². The molecular formula is C22H33NO2. The van der Waals surface area contributed by atoms with Gasteiger partial charge in [-0.15, -0.1) is 0 Å². The van der Waals surface area contributed by atoms with E-state index in [-0.39, 0.29) is 18.1 Å². The molecule has 1 aromatic carbocycles. The standard InChI is InChI=1S/C22H33NO2/c1-6-17-11-18-12-19(21(18,3)4)22(17,5)25-20(24)14-23-13-16-9-7-8-15(2)10-16/h7-10,17-19,23H,6,11-14H2,1-5H3/t17?,18-,19-,22-/m1/s1. The number of rotatable bonds is 6. The maximum Gasteiger partial charge on any atom is 0.320 e. The highest BCUT2D eigenvalue weighted by Crippen LogP contribution is 2.65. The highest BCUT2D eigenvalue weighted by molar-refractivity contribution is 5.72. The smallest absolute Gasteiger partial charge is 0.320 e. The number of hydrogen-bond donors (Lipinski definition) is 1. The van der Waals surface area contributed by atoms with Crippen molar-refractivity contribution in [1.29, 1.82) is 0 Å². The summed E-state index contributed by atoms with van der Waals surface area (Å²) in [5.74, 6) is 1.66. The molecule has 3 aliphatic rings. The number of carbonyl (C=O) groups excluding carboxylic acids is 1. The Kier molecular flexibility index (Phi) is 4.98. The van der Waals surface area contributed by atoms with Gasteiger partial charge in [-0.2, -0.15) is 0 Å². The SMILES string of the molecule is CCC1C[C@@H]2C[C@H](C2(C)C)[C@]1(C)OC(=O)CNCc1cccc(C)c1. The zero-order valence-electron chi connectivity index (χ0n) is 16.4. The van der Waals surface area contributed by atoms with Crippen LogP contribution in [-0.4, -0.2) is 18.1 Å². The number of hydrogen-bond acceptors (Lipinski definition) is 3. The van der Waals surface area contributed by atoms with Crippen LogP contribution in [0.4, 0.5) is 0 Å². The monoisotopic (exact) mass is 343 g/mol. The van der Waals surface area contributed by atoms with Gasteiger partial charge in [-0.05, 0) is 55.9 Å². The molecule has 1 aromatic rings. The lowest BCUT2D eigenvalue weighted by molar-refractivity contribution is -0.241. The third kappa shape index (κ3) is 3.36. The van der Waals surface area contributed by atoms with E-state index in [2.05, 4.69) is 64.2 Å². The number of carbonyl (C=O) groups is 1. The Bertz CT molecular complexity index is 639. The van der Waals surface area contributed by atoms with Crippen molar-refractivity contribution >= 4 is 5.97 Å². The molecule has 1 N–H and O–H groups in total. The molecule has 1 unspecified atom stereocenters. The minimum atomic E-state index is -0.310. The molecule has 25 heavy (non-hydrogen) atoms. The van der Waals surface area contributed by atoms with Gasteiger partial charge in [-0.1, -0.05) is 50.6 Å². The van der Waals surface area contributed by atoms with Gasteiger partial charge in [0.05, 0.1) is 6.54 Å². The van der Waals surface area contributed by atoms with Gasteiger partial charge >= 0.3 is 5.97 Å². The number of ether oxygens (including phenoxy) is 1. The molecule has 4 rings (SSSR count). The zero-order chi connectivity index (χ0) is 18.2. The quantitative estimate of drug-likeness (QED) is 0.774. The van der Waals surface area contributed by atoms with Crippen molar-refractivity contribution < 1.29 is 9.53 Å². The summed E-state index contributed by atoms with van der Waals surface area (Å²) in [6.45, 7) is 12.2. The van der Waals surface area contributed by atoms with Crippen molar-refractivity contribution in [3.63, 3.8) is 0 Å². The second kappa shape index (κ2) is 6.75. The average Bonchev–Trinajstić information content (AvgIpc) is 2.54. The van der Waals surface area contributed by atoms with Gasteiger partial charge in [0.2, 0.25) is 0 Å². The van der Waals surface area contributed by atoms with Crippen LogP contribution in [0.25, 0.3) is 0 Å². The van der Waals surface area contributed by atoms with Gasteiger partial charge in [-0.25, -0.2) is 0 Å². The van der Waals surface area contributed by atoms with Gasteiger partial charge in [0.25, 0.3) is 0 Å². The fourth-order valence-electron chi connectivity index (χ4n) is 5.39. The molecule has 0 spiro atoms. The topological polar surface area (TPSA) is 38.3 Å². The summed E-state index contributed by atoms with van der Waals surface area (Å²) in [6, 6.07) is 8.36. The summed E-state index contributed by atoms with van der Waals surface area (Å²) in [6.07, 6.45) is 3.49. The van der Waals surface area contributed by atoms with Crippen molar-refractivity contribution in [2.45, 2.75) is 66.0 Å². The van der Waals surface area contributed by atoms with E-state index in [1.165, 1.54) is 24.0 Å². The molecule has 0 amide bonds. The molecule has 3 fully saturated rings. The van der Waals surface area contributed by atoms with Crippen molar-refractivity contribution in [2.24, 2.45) is 23.2 Å². The highest BCUT2D eigenvalue weighted by atomic mass is 16.6. The highest BCUT2D eigenvalue weighted by Gasteiger charge is 2.64. The van der Waals surface area contributed by atoms with Gasteiger partial charge < -0.3 is 10.1 Å². The van der Waals surface area contributed by atoms with E-state index in [4.69, 9.17) is 4.74 Å². The minimum Gasteiger partial charge on any atom is -0.458 e. The number of benzene rings is 1. The number of nitrogens with one attached hydrogen (secondary N) is 1. The van der Waals surface area contributed by atoms with E-state index < -0.39 is 0 Å². The van der Waals surface area contributed by atoms with Crippen molar-refractivity contribution in [3.05, 3.63) is 35.4 Å². The first kappa shape index (κ1) is 18.4. The molecule has 0 aromatic heterocycles. The first-order chi connectivity index (χ1) is 11.8. The van der Waals surface area contributed by atoms with E-state index in [9.17, 15) is 4.79 Å². The van der Waals surface area contributed by atoms with Crippen LogP contribution in [0.5, 0.6) is 0 Å². The maximum absolute atomic E-state index is 12.5. The summed E-state index contributed by atoms with van der Waals surface area (Å²) in [7, 11) is 0. The Morgan fingerprint density at radius 1 is 1.28 bits per heavy atom. The molecule has 3 heteroatoms. The maximum atomic E-state index is 12.5. The predicted octanol–water partition coefficient (Wildman–Crippen LogP) is 4.48. The van der Waals surface area contributed by atoms with E-state index in [0.29, 0.717) is 23.8 Å². The van der Waals surface area contributed by atoms with Crippen molar-refractivity contribution in [3.8, 4) is 0 Å². The van der Waals surface area contributed by atoms with Crippen molar-refractivity contribution in [2.75, 3.05) is 6.54 Å². The molecule has 3 saturated carbocycles. The minimum absolute atomic E-state index is 0.116. The zero-order valence-corrected chi connectivity index (χ0v) is 16.4. The summed E-state index contributed by atoms with van der Waals surface area (Å²) < 4.78 is 6.13. The number of aryl methyl sites for hydroxylation is 1. The van der Waals surface area contributed by atoms with E-state index in [1.807, 2.05) is 0 Å². The normalized spacial score (nSPS) is 32.8. The largest absolute Gasteiger partial charge is 0.458 e. The summed E-state index contributed by atoms with van der Waals surface area (Å²) in [5, 5.41) is 3.24. The van der Waals surface area contributed by atoms with Crippen LogP contribution in [0.15, 0.2) is 24.3 Å². The molecule has 3 aliphatic carbocycles. The van der Waals surface area contributed by atoms with Gasteiger partial charge in [0.1, 0.15) is 5.60 Å². The van der Waals surface area contributed by atoms with Crippen LogP contribution in [0.3, 0.4) is 0 Å². The Labute approximate surface area is 152 Å². The van der Waals surface area contributed by atoms with Crippen LogP contribution in [-0.2, 0) is 16.1 Å².